The minimum absolute atomic E-state index is 0.0520. The second kappa shape index (κ2) is 8.72. The minimum Gasteiger partial charge on any atom is -0.325 e. The third-order valence-corrected chi connectivity index (χ3v) is 6.14. The number of thioether (sulfide) groups is 1. The van der Waals surface area contributed by atoms with Crippen LogP contribution in [0.25, 0.3) is 10.9 Å². The van der Waals surface area contributed by atoms with Crippen molar-refractivity contribution in [2.45, 2.75) is 31.0 Å². The molecule has 1 atom stereocenters. The van der Waals surface area contributed by atoms with Crippen molar-refractivity contribution in [2.75, 3.05) is 5.32 Å². The van der Waals surface area contributed by atoms with Crippen molar-refractivity contribution in [1.82, 2.24) is 4.98 Å². The first-order valence-electron chi connectivity index (χ1n) is 9.97. The second-order valence-corrected chi connectivity index (χ2v) is 8.69. The average Bonchev–Trinajstić information content (AvgIpc) is 2.72. The van der Waals surface area contributed by atoms with E-state index in [0.717, 1.165) is 43.9 Å². The summed E-state index contributed by atoms with van der Waals surface area (Å²) < 4.78 is 0. The molecule has 30 heavy (non-hydrogen) atoms. The molecule has 0 fully saturated rings. The van der Waals surface area contributed by atoms with Gasteiger partial charge in [0, 0.05) is 11.1 Å². The van der Waals surface area contributed by atoms with E-state index in [1.54, 1.807) is 0 Å². The number of carbonyl (C=O) groups is 1. The fourth-order valence-electron chi connectivity index (χ4n) is 3.66. The van der Waals surface area contributed by atoms with Gasteiger partial charge in [0.1, 0.15) is 5.25 Å². The molecule has 0 bridgehead atoms. The molecule has 0 radical (unpaired) electrons. The lowest BCUT2D eigenvalue weighted by Crippen LogP contribution is -2.19. The predicted molar refractivity (Wildman–Crippen MR) is 126 cm³/mol. The maximum Gasteiger partial charge on any atom is 0.242 e. The maximum atomic E-state index is 13.3. The number of para-hydroxylation sites is 1. The Morgan fingerprint density at radius 1 is 0.867 bits per heavy atom. The predicted octanol–water partition coefficient (Wildman–Crippen LogP) is 6.63. The quantitative estimate of drug-likeness (QED) is 0.374. The monoisotopic (exact) mass is 412 g/mol. The van der Waals surface area contributed by atoms with E-state index in [4.69, 9.17) is 4.98 Å². The molecule has 1 amide bonds. The summed E-state index contributed by atoms with van der Waals surface area (Å²) in [5.74, 6) is -0.0520. The van der Waals surface area contributed by atoms with Crippen LogP contribution in [-0.4, -0.2) is 10.9 Å². The van der Waals surface area contributed by atoms with Crippen molar-refractivity contribution < 1.29 is 4.79 Å². The number of hydrogen-bond donors (Lipinski definition) is 1. The number of nitrogens with one attached hydrogen (secondary N) is 1. The Balaban J connectivity index is 1.67. The highest BCUT2D eigenvalue weighted by molar-refractivity contribution is 8.00. The Morgan fingerprint density at radius 2 is 1.53 bits per heavy atom. The van der Waals surface area contributed by atoms with Crippen LogP contribution < -0.4 is 5.32 Å². The van der Waals surface area contributed by atoms with Crippen LogP contribution in [-0.2, 0) is 4.79 Å². The molecule has 0 saturated carbocycles. The Morgan fingerprint density at radius 3 is 2.27 bits per heavy atom. The lowest BCUT2D eigenvalue weighted by Gasteiger charge is -2.18. The summed E-state index contributed by atoms with van der Waals surface area (Å²) in [7, 11) is 0. The highest BCUT2D eigenvalue weighted by Gasteiger charge is 2.23. The summed E-state index contributed by atoms with van der Waals surface area (Å²) in [4.78, 5) is 18.1. The number of benzene rings is 3. The highest BCUT2D eigenvalue weighted by Crippen LogP contribution is 2.37. The normalized spacial score (nSPS) is 12.0. The maximum absolute atomic E-state index is 13.3. The van der Waals surface area contributed by atoms with E-state index in [9.17, 15) is 4.79 Å². The third kappa shape index (κ3) is 4.55. The minimum atomic E-state index is -0.403. The summed E-state index contributed by atoms with van der Waals surface area (Å²) in [6.07, 6.45) is 0. The van der Waals surface area contributed by atoms with Gasteiger partial charge in [0.15, 0.2) is 0 Å². The van der Waals surface area contributed by atoms with Gasteiger partial charge < -0.3 is 5.32 Å². The van der Waals surface area contributed by atoms with Gasteiger partial charge in [0.05, 0.1) is 10.5 Å². The average molecular weight is 413 g/mol. The molecular weight excluding hydrogens is 388 g/mol. The lowest BCUT2D eigenvalue weighted by atomic mass is 10.1. The first-order valence-corrected chi connectivity index (χ1v) is 10.8. The second-order valence-electron chi connectivity index (χ2n) is 7.57. The molecule has 4 heteroatoms. The van der Waals surface area contributed by atoms with Crippen molar-refractivity contribution in [1.29, 1.82) is 0 Å². The number of aryl methyl sites for hydroxylation is 3. The molecule has 3 aromatic carbocycles. The van der Waals surface area contributed by atoms with Gasteiger partial charge in [-0.2, -0.15) is 0 Å². The van der Waals surface area contributed by atoms with Gasteiger partial charge in [-0.3, -0.25) is 4.79 Å². The zero-order valence-corrected chi connectivity index (χ0v) is 18.2. The summed E-state index contributed by atoms with van der Waals surface area (Å²) >= 11 is 1.48. The van der Waals surface area contributed by atoms with Gasteiger partial charge in [0.2, 0.25) is 5.91 Å². The Bertz CT molecular complexity index is 1180. The van der Waals surface area contributed by atoms with Crippen molar-refractivity contribution in [3.63, 3.8) is 0 Å². The summed E-state index contributed by atoms with van der Waals surface area (Å²) in [5.41, 5.74) is 6.13. The molecule has 4 rings (SSSR count). The standard InChI is InChI=1S/C26H24N2OS/c1-17-13-18(2)15-21(14-17)27-26(29)25(20-9-5-4-6-10-20)30-24-16-19(3)22-11-7-8-12-23(22)28-24/h4-16,25H,1-3H3,(H,27,29). The fraction of sp³-hybridized carbons (Fsp3) is 0.154. The van der Waals surface area contributed by atoms with Gasteiger partial charge >= 0.3 is 0 Å². The van der Waals surface area contributed by atoms with Gasteiger partial charge in [-0.25, -0.2) is 4.98 Å². The molecule has 4 aromatic rings. The summed E-state index contributed by atoms with van der Waals surface area (Å²) in [6.45, 7) is 6.16. The van der Waals surface area contributed by atoms with Crippen LogP contribution >= 0.6 is 11.8 Å². The fourth-order valence-corrected chi connectivity index (χ4v) is 4.75. The molecule has 0 saturated heterocycles. The number of carbonyl (C=O) groups excluding carboxylic acids is 1. The number of hydrogen-bond acceptors (Lipinski definition) is 3. The number of nitrogens with zero attached hydrogens (tertiary/aromatic N) is 1. The van der Waals surface area contributed by atoms with Crippen molar-refractivity contribution >= 4 is 34.3 Å². The van der Waals surface area contributed by atoms with Gasteiger partial charge in [0.25, 0.3) is 0 Å². The van der Waals surface area contributed by atoms with E-state index in [-0.39, 0.29) is 5.91 Å². The van der Waals surface area contributed by atoms with Crippen LogP contribution in [0.15, 0.2) is 83.9 Å². The number of rotatable bonds is 5. The van der Waals surface area contributed by atoms with E-state index in [0.29, 0.717) is 0 Å². The Hall–Kier alpha value is -3.11. The van der Waals surface area contributed by atoms with Crippen LogP contribution in [0.2, 0.25) is 0 Å². The molecule has 1 heterocycles. The molecule has 3 nitrogen and oxygen atoms in total. The molecule has 0 aliphatic rings. The molecule has 0 spiro atoms. The van der Waals surface area contributed by atoms with Gasteiger partial charge in [-0.05, 0) is 67.3 Å². The van der Waals surface area contributed by atoms with Crippen molar-refractivity contribution in [3.8, 4) is 0 Å². The van der Waals surface area contributed by atoms with E-state index < -0.39 is 5.25 Å². The lowest BCUT2D eigenvalue weighted by molar-refractivity contribution is -0.115. The number of pyridine rings is 1. The van der Waals surface area contributed by atoms with E-state index >= 15 is 0 Å². The van der Waals surface area contributed by atoms with Crippen LogP contribution in [0.1, 0.15) is 27.5 Å². The van der Waals surface area contributed by atoms with Crippen molar-refractivity contribution in [2.24, 2.45) is 0 Å². The molecular formula is C26H24N2OS. The van der Waals surface area contributed by atoms with E-state index in [1.807, 2.05) is 74.5 Å². The number of aromatic nitrogens is 1. The molecule has 1 aromatic heterocycles. The van der Waals surface area contributed by atoms with Crippen molar-refractivity contribution in [3.05, 3.63) is 101 Å². The van der Waals surface area contributed by atoms with Crippen LogP contribution in [0, 0.1) is 20.8 Å². The smallest absolute Gasteiger partial charge is 0.242 e. The van der Waals surface area contributed by atoms with Crippen LogP contribution in [0.5, 0.6) is 0 Å². The zero-order valence-electron chi connectivity index (χ0n) is 17.3. The molecule has 1 unspecified atom stereocenters. The number of fused-ring (bicyclic) bond motifs is 1. The van der Waals surface area contributed by atoms with E-state index in [1.165, 1.54) is 11.8 Å². The summed E-state index contributed by atoms with van der Waals surface area (Å²) in [6, 6.07) is 26.1. The molecule has 0 aliphatic carbocycles. The molecule has 150 valence electrons. The molecule has 0 aliphatic heterocycles. The molecule has 1 N–H and O–H groups in total. The first-order chi connectivity index (χ1) is 14.5. The largest absolute Gasteiger partial charge is 0.325 e. The first kappa shape index (κ1) is 20.2. The number of amides is 1. The SMILES string of the molecule is Cc1cc(C)cc(NC(=O)C(Sc2cc(C)c3ccccc3n2)c2ccccc2)c1. The van der Waals surface area contributed by atoms with E-state index in [2.05, 4.69) is 30.4 Å². The zero-order chi connectivity index (χ0) is 21.1. The topological polar surface area (TPSA) is 42.0 Å². The summed E-state index contributed by atoms with van der Waals surface area (Å²) in [5, 5.41) is 4.68. The van der Waals surface area contributed by atoms with Crippen LogP contribution in [0.4, 0.5) is 5.69 Å². The van der Waals surface area contributed by atoms with Crippen LogP contribution in [0.3, 0.4) is 0 Å². The Kier molecular flexibility index (Phi) is 5.86. The van der Waals surface area contributed by atoms with Gasteiger partial charge in [-0.15, -0.1) is 0 Å². The third-order valence-electron chi connectivity index (χ3n) is 4.97. The number of anilines is 1. The van der Waals surface area contributed by atoms with Gasteiger partial charge in [-0.1, -0.05) is 66.4 Å². The Labute approximate surface area is 181 Å². The highest BCUT2D eigenvalue weighted by atomic mass is 32.2.